The van der Waals surface area contributed by atoms with Crippen molar-refractivity contribution >= 4 is 11.3 Å². The zero-order chi connectivity index (χ0) is 12.4. The number of hydrogen-bond donors (Lipinski definition) is 1. The standard InChI is InChI=1S/C15H23NOS/c1-15(6-8-17-9-7-15)11-16-14(12-4-5-12)13-3-2-10-18-13/h2-3,10,12,14,16H,4-9,11H2,1H3. The molecule has 1 atom stereocenters. The summed E-state index contributed by atoms with van der Waals surface area (Å²) in [6.07, 6.45) is 5.19. The van der Waals surface area contributed by atoms with Gasteiger partial charge < -0.3 is 10.1 Å². The van der Waals surface area contributed by atoms with Crippen molar-refractivity contribution in [3.63, 3.8) is 0 Å². The van der Waals surface area contributed by atoms with E-state index in [9.17, 15) is 0 Å². The first-order valence-corrected chi connectivity index (χ1v) is 7.99. The van der Waals surface area contributed by atoms with Crippen LogP contribution in [0.3, 0.4) is 0 Å². The Bertz CT molecular complexity index is 366. The summed E-state index contributed by atoms with van der Waals surface area (Å²) in [4.78, 5) is 1.52. The molecule has 1 N–H and O–H groups in total. The van der Waals surface area contributed by atoms with E-state index < -0.39 is 0 Å². The Kier molecular flexibility index (Phi) is 3.73. The molecule has 1 aliphatic carbocycles. The Labute approximate surface area is 114 Å². The minimum absolute atomic E-state index is 0.433. The third kappa shape index (κ3) is 2.95. The Morgan fingerprint density at radius 3 is 2.83 bits per heavy atom. The molecule has 0 bridgehead atoms. The summed E-state index contributed by atoms with van der Waals surface area (Å²) >= 11 is 1.90. The molecule has 18 heavy (non-hydrogen) atoms. The van der Waals surface area contributed by atoms with Crippen LogP contribution in [0.5, 0.6) is 0 Å². The van der Waals surface area contributed by atoms with Gasteiger partial charge in [0, 0.05) is 30.7 Å². The van der Waals surface area contributed by atoms with Crippen molar-refractivity contribution in [2.75, 3.05) is 19.8 Å². The van der Waals surface area contributed by atoms with Gasteiger partial charge >= 0.3 is 0 Å². The van der Waals surface area contributed by atoms with Crippen molar-refractivity contribution in [2.24, 2.45) is 11.3 Å². The van der Waals surface area contributed by atoms with Crippen LogP contribution in [0.1, 0.15) is 43.5 Å². The van der Waals surface area contributed by atoms with E-state index in [1.54, 1.807) is 0 Å². The van der Waals surface area contributed by atoms with Crippen molar-refractivity contribution in [3.8, 4) is 0 Å². The summed E-state index contributed by atoms with van der Waals surface area (Å²) in [6.45, 7) is 5.41. The van der Waals surface area contributed by atoms with Crippen LogP contribution in [0.15, 0.2) is 17.5 Å². The second-order valence-corrected chi connectivity index (χ2v) is 7.11. The molecule has 2 fully saturated rings. The molecule has 1 aliphatic heterocycles. The molecule has 1 unspecified atom stereocenters. The topological polar surface area (TPSA) is 21.3 Å². The SMILES string of the molecule is CC1(CNC(c2cccs2)C2CC2)CCOCC1. The fourth-order valence-corrected chi connectivity index (χ4v) is 3.69. The second kappa shape index (κ2) is 5.32. The molecule has 100 valence electrons. The van der Waals surface area contributed by atoms with Crippen LogP contribution in [0, 0.1) is 11.3 Å². The van der Waals surface area contributed by atoms with Gasteiger partial charge in [0.2, 0.25) is 0 Å². The Morgan fingerprint density at radius 1 is 1.44 bits per heavy atom. The molecule has 3 heteroatoms. The van der Waals surface area contributed by atoms with Gasteiger partial charge in [-0.2, -0.15) is 0 Å². The molecular weight excluding hydrogens is 242 g/mol. The monoisotopic (exact) mass is 265 g/mol. The minimum Gasteiger partial charge on any atom is -0.381 e. The van der Waals surface area contributed by atoms with E-state index in [0.29, 0.717) is 11.5 Å². The predicted octanol–water partition coefficient (Wildman–Crippen LogP) is 3.61. The summed E-state index contributed by atoms with van der Waals surface area (Å²) in [5.41, 5.74) is 0.433. The maximum absolute atomic E-state index is 5.48. The molecule has 0 spiro atoms. The average Bonchev–Trinajstić information content (AvgIpc) is 3.05. The number of rotatable bonds is 5. The average molecular weight is 265 g/mol. The molecule has 2 heterocycles. The highest BCUT2D eigenvalue weighted by atomic mass is 32.1. The van der Waals surface area contributed by atoms with E-state index in [-0.39, 0.29) is 0 Å². The van der Waals surface area contributed by atoms with Crippen molar-refractivity contribution in [2.45, 2.75) is 38.6 Å². The summed E-state index contributed by atoms with van der Waals surface area (Å²) in [5, 5.41) is 6.05. The van der Waals surface area contributed by atoms with Gasteiger partial charge in [0.25, 0.3) is 0 Å². The Balaban J connectivity index is 1.59. The maximum Gasteiger partial charge on any atom is 0.0471 e. The lowest BCUT2D eigenvalue weighted by atomic mass is 9.82. The van der Waals surface area contributed by atoms with Gasteiger partial charge in [-0.15, -0.1) is 11.3 Å². The molecule has 1 saturated carbocycles. The van der Waals surface area contributed by atoms with Gasteiger partial charge in [-0.3, -0.25) is 0 Å². The molecular formula is C15H23NOS. The number of thiophene rings is 1. The van der Waals surface area contributed by atoms with Crippen LogP contribution in [0.2, 0.25) is 0 Å². The third-order valence-electron chi connectivity index (χ3n) is 4.39. The fourth-order valence-electron chi connectivity index (χ4n) is 2.79. The summed E-state index contributed by atoms with van der Waals surface area (Å²) in [5.74, 6) is 0.882. The lowest BCUT2D eigenvalue weighted by Crippen LogP contribution is -2.38. The van der Waals surface area contributed by atoms with E-state index in [0.717, 1.165) is 25.7 Å². The zero-order valence-electron chi connectivity index (χ0n) is 11.2. The zero-order valence-corrected chi connectivity index (χ0v) is 12.0. The van der Waals surface area contributed by atoms with E-state index in [2.05, 4.69) is 29.8 Å². The van der Waals surface area contributed by atoms with E-state index in [4.69, 9.17) is 4.74 Å². The minimum atomic E-state index is 0.433. The van der Waals surface area contributed by atoms with Crippen LogP contribution < -0.4 is 5.32 Å². The van der Waals surface area contributed by atoms with Gasteiger partial charge in [-0.1, -0.05) is 13.0 Å². The van der Waals surface area contributed by atoms with Crippen LogP contribution in [0.4, 0.5) is 0 Å². The van der Waals surface area contributed by atoms with Crippen molar-refractivity contribution in [1.82, 2.24) is 5.32 Å². The maximum atomic E-state index is 5.48. The Hall–Kier alpha value is -0.380. The summed E-state index contributed by atoms with van der Waals surface area (Å²) in [6, 6.07) is 5.06. The lowest BCUT2D eigenvalue weighted by Gasteiger charge is -2.35. The van der Waals surface area contributed by atoms with Crippen LogP contribution >= 0.6 is 11.3 Å². The predicted molar refractivity (Wildman–Crippen MR) is 75.9 cm³/mol. The molecule has 0 aromatic carbocycles. The fraction of sp³-hybridized carbons (Fsp3) is 0.733. The van der Waals surface area contributed by atoms with Crippen LogP contribution in [0.25, 0.3) is 0 Å². The van der Waals surface area contributed by atoms with E-state index in [1.165, 1.54) is 30.6 Å². The highest BCUT2D eigenvalue weighted by molar-refractivity contribution is 7.10. The first-order valence-electron chi connectivity index (χ1n) is 7.11. The highest BCUT2D eigenvalue weighted by Gasteiger charge is 2.35. The van der Waals surface area contributed by atoms with Gasteiger partial charge in [0.1, 0.15) is 0 Å². The quantitative estimate of drug-likeness (QED) is 0.878. The van der Waals surface area contributed by atoms with Crippen molar-refractivity contribution in [1.29, 1.82) is 0 Å². The van der Waals surface area contributed by atoms with Gasteiger partial charge in [-0.25, -0.2) is 0 Å². The first-order chi connectivity index (χ1) is 8.77. The molecule has 0 amide bonds. The molecule has 1 aromatic rings. The Morgan fingerprint density at radius 2 is 2.22 bits per heavy atom. The molecule has 1 saturated heterocycles. The number of ether oxygens (including phenoxy) is 1. The van der Waals surface area contributed by atoms with Gasteiger partial charge in [0.15, 0.2) is 0 Å². The van der Waals surface area contributed by atoms with Gasteiger partial charge in [0.05, 0.1) is 0 Å². The molecule has 0 radical (unpaired) electrons. The lowest BCUT2D eigenvalue weighted by molar-refractivity contribution is 0.0226. The molecule has 2 aliphatic rings. The number of nitrogens with one attached hydrogen (secondary N) is 1. The largest absolute Gasteiger partial charge is 0.381 e. The summed E-state index contributed by atoms with van der Waals surface area (Å²) < 4.78 is 5.48. The van der Waals surface area contributed by atoms with Crippen LogP contribution in [-0.2, 0) is 4.74 Å². The van der Waals surface area contributed by atoms with E-state index >= 15 is 0 Å². The van der Waals surface area contributed by atoms with Crippen LogP contribution in [-0.4, -0.2) is 19.8 Å². The van der Waals surface area contributed by atoms with Crippen molar-refractivity contribution in [3.05, 3.63) is 22.4 Å². The summed E-state index contributed by atoms with van der Waals surface area (Å²) in [7, 11) is 0. The molecule has 1 aromatic heterocycles. The second-order valence-electron chi connectivity index (χ2n) is 6.13. The highest BCUT2D eigenvalue weighted by Crippen LogP contribution is 2.43. The number of hydrogen-bond acceptors (Lipinski definition) is 3. The van der Waals surface area contributed by atoms with Gasteiger partial charge in [-0.05, 0) is 48.5 Å². The normalized spacial score (nSPS) is 24.9. The van der Waals surface area contributed by atoms with Crippen molar-refractivity contribution < 1.29 is 4.74 Å². The smallest absolute Gasteiger partial charge is 0.0471 e. The molecule has 3 rings (SSSR count). The third-order valence-corrected chi connectivity index (χ3v) is 5.35. The molecule has 2 nitrogen and oxygen atoms in total. The van der Waals surface area contributed by atoms with E-state index in [1.807, 2.05) is 11.3 Å². The first kappa shape index (κ1) is 12.6.